The number of carbonyl (C=O) groups excluding carboxylic acids is 2. The molecule has 2 atom stereocenters. The maximum atomic E-state index is 14.0. The van der Waals surface area contributed by atoms with Gasteiger partial charge in [-0.3, -0.25) is 14.0 Å². The third-order valence-electron chi connectivity index (χ3n) is 9.01. The van der Waals surface area contributed by atoms with Crippen LogP contribution >= 0.6 is 11.3 Å². The molecule has 3 fully saturated rings. The monoisotopic (exact) mass is 602 g/mol. The summed E-state index contributed by atoms with van der Waals surface area (Å²) in [6.45, 7) is 10.6. The number of para-hydroxylation sites is 1. The molecule has 0 saturated carbocycles. The van der Waals surface area contributed by atoms with Crippen molar-refractivity contribution in [1.29, 1.82) is 0 Å². The summed E-state index contributed by atoms with van der Waals surface area (Å²) in [5.41, 5.74) is 1.03. The van der Waals surface area contributed by atoms with Gasteiger partial charge in [-0.2, -0.15) is 0 Å². The first-order valence-electron chi connectivity index (χ1n) is 15.1. The molecule has 226 valence electrons. The molecule has 3 saturated heterocycles. The Balaban J connectivity index is 1.21. The number of hydrogen-bond donors (Lipinski definition) is 1. The molecule has 6 heterocycles. The summed E-state index contributed by atoms with van der Waals surface area (Å²) in [6.07, 6.45) is 2.50. The van der Waals surface area contributed by atoms with E-state index < -0.39 is 5.60 Å². The van der Waals surface area contributed by atoms with Crippen molar-refractivity contribution in [3.05, 3.63) is 52.3 Å². The van der Waals surface area contributed by atoms with Crippen molar-refractivity contribution in [1.82, 2.24) is 24.5 Å². The van der Waals surface area contributed by atoms with Gasteiger partial charge in [-0.25, -0.2) is 9.78 Å². The molecule has 2 amide bonds. The number of thiazole rings is 1. The van der Waals surface area contributed by atoms with E-state index in [1.54, 1.807) is 11.1 Å². The number of benzene rings is 1. The molecule has 43 heavy (non-hydrogen) atoms. The van der Waals surface area contributed by atoms with Crippen LogP contribution in [0.2, 0.25) is 0 Å². The second-order valence-electron chi connectivity index (χ2n) is 13.3. The van der Waals surface area contributed by atoms with Crippen LogP contribution in [-0.2, 0) is 4.74 Å². The fourth-order valence-electron chi connectivity index (χ4n) is 6.99. The first-order valence-corrected chi connectivity index (χ1v) is 16.0. The Hall–Kier alpha value is -3.70. The zero-order chi connectivity index (χ0) is 30.0. The quantitative estimate of drug-likeness (QED) is 0.376. The Morgan fingerprint density at radius 3 is 2.42 bits per heavy atom. The summed E-state index contributed by atoms with van der Waals surface area (Å²) in [7, 11) is 2.18. The lowest BCUT2D eigenvalue weighted by Gasteiger charge is -2.33. The number of hydrogen-bond acceptors (Lipinski definition) is 8. The number of piperidine rings is 1. The summed E-state index contributed by atoms with van der Waals surface area (Å²) in [4.78, 5) is 52.2. The molecule has 2 unspecified atom stereocenters. The number of rotatable bonds is 3. The van der Waals surface area contributed by atoms with Gasteiger partial charge in [0, 0.05) is 57.6 Å². The molecule has 1 N–H and O–H groups in total. The number of carbonyl (C=O) groups is 2. The molecule has 4 aromatic rings. The number of fused-ring (bicyclic) bond motifs is 6. The van der Waals surface area contributed by atoms with Crippen molar-refractivity contribution in [3.8, 4) is 0 Å². The van der Waals surface area contributed by atoms with E-state index in [4.69, 9.17) is 9.72 Å². The molecule has 0 bridgehead atoms. The largest absolute Gasteiger partial charge is 0.444 e. The first-order chi connectivity index (χ1) is 20.6. The number of nitrogens with zero attached hydrogens (tertiary/aromatic N) is 5. The highest BCUT2D eigenvalue weighted by atomic mass is 32.1. The fourth-order valence-corrected chi connectivity index (χ4v) is 8.19. The van der Waals surface area contributed by atoms with Gasteiger partial charge in [-0.15, -0.1) is 11.3 Å². The van der Waals surface area contributed by atoms with E-state index in [0.29, 0.717) is 48.0 Å². The summed E-state index contributed by atoms with van der Waals surface area (Å²) in [5, 5.41) is 3.55. The Morgan fingerprint density at radius 2 is 1.72 bits per heavy atom. The maximum absolute atomic E-state index is 14.0. The molecule has 3 aliphatic rings. The average Bonchev–Trinajstić information content (AvgIpc) is 3.63. The minimum atomic E-state index is -0.559. The number of aromatic nitrogens is 2. The highest BCUT2D eigenvalue weighted by Crippen LogP contribution is 2.35. The number of likely N-dealkylation sites (tertiary alicyclic amines) is 2. The van der Waals surface area contributed by atoms with Gasteiger partial charge in [0.05, 0.1) is 21.1 Å². The van der Waals surface area contributed by atoms with Crippen LogP contribution in [0, 0.1) is 11.8 Å². The van der Waals surface area contributed by atoms with Gasteiger partial charge < -0.3 is 24.8 Å². The number of anilines is 1. The van der Waals surface area contributed by atoms with Gasteiger partial charge >= 0.3 is 6.09 Å². The molecule has 11 heteroatoms. The molecule has 0 radical (unpaired) electrons. The molecule has 10 nitrogen and oxygen atoms in total. The third-order valence-corrected chi connectivity index (χ3v) is 10.2. The van der Waals surface area contributed by atoms with Crippen LogP contribution in [0.25, 0.3) is 25.9 Å². The second-order valence-corrected chi connectivity index (χ2v) is 14.4. The Morgan fingerprint density at radius 1 is 1.02 bits per heavy atom. The van der Waals surface area contributed by atoms with Gasteiger partial charge in [0.15, 0.2) is 0 Å². The SMILES string of the molecule is CN1CC2CN(c3cc4c(cn3)c(=O)c(C(=O)NC3CCN(C(=O)OC(C)(C)C)CC3)c3sc5ccccc5n34)CC2C1. The molecular formula is C32H38N6O4S. The van der Waals surface area contributed by atoms with Crippen LogP contribution in [0.5, 0.6) is 0 Å². The van der Waals surface area contributed by atoms with Crippen LogP contribution < -0.4 is 15.6 Å². The van der Waals surface area contributed by atoms with Crippen molar-refractivity contribution in [2.24, 2.45) is 11.8 Å². The van der Waals surface area contributed by atoms with Crippen molar-refractivity contribution in [3.63, 3.8) is 0 Å². The van der Waals surface area contributed by atoms with Crippen molar-refractivity contribution in [2.45, 2.75) is 45.3 Å². The van der Waals surface area contributed by atoms with Crippen LogP contribution in [0.4, 0.5) is 10.6 Å². The predicted molar refractivity (Wildman–Crippen MR) is 169 cm³/mol. The summed E-state index contributed by atoms with van der Waals surface area (Å²) in [6, 6.07) is 9.90. The highest BCUT2D eigenvalue weighted by Gasteiger charge is 2.39. The average molecular weight is 603 g/mol. The van der Waals surface area contributed by atoms with Crippen molar-refractivity contribution >= 4 is 55.1 Å². The minimum absolute atomic E-state index is 0.148. The van der Waals surface area contributed by atoms with E-state index >= 15 is 0 Å². The molecule has 0 aliphatic carbocycles. The first kappa shape index (κ1) is 28.1. The van der Waals surface area contributed by atoms with E-state index in [1.165, 1.54) is 11.3 Å². The van der Waals surface area contributed by atoms with E-state index in [2.05, 4.69) is 26.6 Å². The zero-order valence-corrected chi connectivity index (χ0v) is 25.9. The third kappa shape index (κ3) is 5.12. The van der Waals surface area contributed by atoms with Crippen molar-refractivity contribution in [2.75, 3.05) is 51.2 Å². The lowest BCUT2D eigenvalue weighted by molar-refractivity contribution is 0.0199. The van der Waals surface area contributed by atoms with E-state index in [9.17, 15) is 14.4 Å². The Labute approximate surface area is 254 Å². The fraction of sp³-hybridized carbons (Fsp3) is 0.500. The molecule has 1 aromatic carbocycles. The standard InChI is InChI=1S/C32H38N6O4S/c1-32(2,3)42-31(41)36-11-9-21(10-12-36)34-29(40)27-28(39)22-14-33-26(37-17-19-15-35(4)16-20(19)18-37)13-24(22)38-23-7-5-6-8-25(23)43-30(27)38/h5-8,13-14,19-21H,9-12,15-18H2,1-4H3,(H,34,40). The highest BCUT2D eigenvalue weighted by molar-refractivity contribution is 7.24. The summed E-state index contributed by atoms with van der Waals surface area (Å²) < 4.78 is 8.57. The van der Waals surface area contributed by atoms with E-state index in [-0.39, 0.29) is 29.0 Å². The number of ether oxygens (including phenoxy) is 1. The number of amides is 2. The zero-order valence-electron chi connectivity index (χ0n) is 25.1. The molecule has 7 rings (SSSR count). The summed E-state index contributed by atoms with van der Waals surface area (Å²) >= 11 is 1.46. The van der Waals surface area contributed by atoms with Crippen LogP contribution in [-0.4, -0.2) is 89.1 Å². The van der Waals surface area contributed by atoms with Gasteiger partial charge in [0.2, 0.25) is 5.43 Å². The summed E-state index contributed by atoms with van der Waals surface area (Å²) in [5.74, 6) is 1.76. The predicted octanol–water partition coefficient (Wildman–Crippen LogP) is 4.19. The van der Waals surface area contributed by atoms with Crippen LogP contribution in [0.1, 0.15) is 44.0 Å². The van der Waals surface area contributed by atoms with Crippen LogP contribution in [0.15, 0.2) is 41.3 Å². The lowest BCUT2D eigenvalue weighted by Crippen LogP contribution is -2.48. The van der Waals surface area contributed by atoms with Gasteiger partial charge in [-0.1, -0.05) is 12.1 Å². The topological polar surface area (TPSA) is 99.5 Å². The maximum Gasteiger partial charge on any atom is 0.410 e. The van der Waals surface area contributed by atoms with Gasteiger partial charge in [-0.05, 0) is 64.6 Å². The smallest absolute Gasteiger partial charge is 0.410 e. The molecule has 3 aromatic heterocycles. The number of nitrogens with one attached hydrogen (secondary N) is 1. The van der Waals surface area contributed by atoms with E-state index in [0.717, 1.165) is 47.7 Å². The van der Waals surface area contributed by atoms with Gasteiger partial charge in [0.25, 0.3) is 5.91 Å². The lowest BCUT2D eigenvalue weighted by atomic mass is 10.0. The Kier molecular flexibility index (Phi) is 6.85. The van der Waals surface area contributed by atoms with Crippen LogP contribution in [0.3, 0.4) is 0 Å². The Bertz CT molecular complexity index is 1790. The second kappa shape index (κ2) is 10.5. The van der Waals surface area contributed by atoms with E-state index in [1.807, 2.05) is 51.1 Å². The minimum Gasteiger partial charge on any atom is -0.444 e. The normalized spacial score (nSPS) is 21.7. The molecule has 0 spiro atoms. The molecule has 3 aliphatic heterocycles. The molecular weight excluding hydrogens is 564 g/mol. The van der Waals surface area contributed by atoms with Gasteiger partial charge in [0.1, 0.15) is 21.8 Å². The number of pyridine rings is 2. The van der Waals surface area contributed by atoms with Crippen molar-refractivity contribution < 1.29 is 14.3 Å².